The summed E-state index contributed by atoms with van der Waals surface area (Å²) in [6.07, 6.45) is 1.34. The number of tetrazole rings is 1. The second kappa shape index (κ2) is 7.16. The number of hydrogen-bond acceptors (Lipinski definition) is 7. The summed E-state index contributed by atoms with van der Waals surface area (Å²) in [5.74, 6) is -0.452. The summed E-state index contributed by atoms with van der Waals surface area (Å²) < 4.78 is 6.93. The van der Waals surface area contributed by atoms with Crippen molar-refractivity contribution in [1.29, 1.82) is 0 Å². The summed E-state index contributed by atoms with van der Waals surface area (Å²) in [5, 5.41) is 24.0. The average molecular weight is 346 g/mol. The third-order valence-electron chi connectivity index (χ3n) is 4.48. The molecule has 1 fully saturated rings. The molecule has 3 rings (SSSR count). The minimum Gasteiger partial charge on any atom is -0.507 e. The molecule has 9 heteroatoms. The Morgan fingerprint density at radius 2 is 2.20 bits per heavy atom. The lowest BCUT2D eigenvalue weighted by atomic mass is 10.1. The minimum atomic E-state index is -0.356. The van der Waals surface area contributed by atoms with Gasteiger partial charge in [-0.3, -0.25) is 9.69 Å². The predicted octanol–water partition coefficient (Wildman–Crippen LogP) is 0.205. The monoisotopic (exact) mass is 346 g/mol. The van der Waals surface area contributed by atoms with Gasteiger partial charge >= 0.3 is 0 Å². The first-order valence-electron chi connectivity index (χ1n) is 8.13. The van der Waals surface area contributed by atoms with E-state index in [1.54, 1.807) is 19.2 Å². The van der Waals surface area contributed by atoms with Gasteiger partial charge in [-0.1, -0.05) is 0 Å². The first kappa shape index (κ1) is 17.3. The number of nitrogens with one attached hydrogen (secondary N) is 1. The van der Waals surface area contributed by atoms with E-state index in [-0.39, 0.29) is 29.4 Å². The summed E-state index contributed by atoms with van der Waals surface area (Å²) in [5.41, 5.74) is 0.761. The van der Waals surface area contributed by atoms with Crippen LogP contribution < -0.4 is 5.32 Å². The molecular weight excluding hydrogens is 324 g/mol. The molecule has 1 aliphatic heterocycles. The molecule has 1 saturated heterocycles. The molecule has 9 nitrogen and oxygen atoms in total. The number of nitrogens with zero attached hydrogens (tertiary/aromatic N) is 5. The maximum Gasteiger partial charge on any atom is 0.255 e. The van der Waals surface area contributed by atoms with Crippen LogP contribution in [0, 0.1) is 0 Å². The number of hydrogen-bond donors (Lipinski definition) is 2. The number of phenolic OH excluding ortho intramolecular Hbond substituents is 1. The van der Waals surface area contributed by atoms with Gasteiger partial charge < -0.3 is 15.2 Å². The molecule has 1 aliphatic rings. The Hall–Kier alpha value is -2.52. The van der Waals surface area contributed by atoms with Crippen molar-refractivity contribution in [1.82, 2.24) is 30.4 Å². The number of aromatic hydroxyl groups is 1. The molecule has 0 aliphatic carbocycles. The number of carbonyl (C=O) groups is 1. The second-order valence-corrected chi connectivity index (χ2v) is 6.36. The van der Waals surface area contributed by atoms with Crippen molar-refractivity contribution in [2.24, 2.45) is 0 Å². The van der Waals surface area contributed by atoms with Crippen LogP contribution in [0.2, 0.25) is 0 Å². The zero-order chi connectivity index (χ0) is 18.0. The number of aromatic nitrogens is 4. The van der Waals surface area contributed by atoms with Gasteiger partial charge in [0.05, 0.1) is 23.4 Å². The van der Waals surface area contributed by atoms with E-state index >= 15 is 0 Å². The third-order valence-corrected chi connectivity index (χ3v) is 4.48. The van der Waals surface area contributed by atoms with E-state index in [2.05, 4.69) is 39.6 Å². The van der Waals surface area contributed by atoms with Crippen LogP contribution in [-0.2, 0) is 4.74 Å². The third kappa shape index (κ3) is 3.62. The molecule has 0 radical (unpaired) electrons. The Labute approximate surface area is 145 Å². The average Bonchev–Trinajstić information content (AvgIpc) is 3.24. The van der Waals surface area contributed by atoms with Crippen molar-refractivity contribution in [2.75, 3.05) is 20.2 Å². The highest BCUT2D eigenvalue weighted by Gasteiger charge is 2.35. The van der Waals surface area contributed by atoms with Gasteiger partial charge in [-0.15, -0.1) is 5.10 Å². The molecule has 134 valence electrons. The molecule has 0 unspecified atom stereocenters. The Kier molecular flexibility index (Phi) is 4.95. The minimum absolute atomic E-state index is 0.0869. The summed E-state index contributed by atoms with van der Waals surface area (Å²) in [7, 11) is 1.64. The van der Waals surface area contributed by atoms with Crippen LogP contribution in [0.25, 0.3) is 5.69 Å². The lowest BCUT2D eigenvalue weighted by Crippen LogP contribution is -2.43. The Morgan fingerprint density at radius 3 is 2.84 bits per heavy atom. The van der Waals surface area contributed by atoms with Gasteiger partial charge in [0.1, 0.15) is 12.1 Å². The molecule has 1 aromatic carbocycles. The number of benzene rings is 1. The summed E-state index contributed by atoms with van der Waals surface area (Å²) in [6, 6.07) is 4.87. The Morgan fingerprint density at radius 1 is 1.40 bits per heavy atom. The maximum absolute atomic E-state index is 12.7. The zero-order valence-electron chi connectivity index (χ0n) is 14.5. The van der Waals surface area contributed by atoms with Crippen molar-refractivity contribution in [3.8, 4) is 11.4 Å². The van der Waals surface area contributed by atoms with Gasteiger partial charge in [0, 0.05) is 26.2 Å². The van der Waals surface area contributed by atoms with Crippen LogP contribution >= 0.6 is 0 Å². The van der Waals surface area contributed by atoms with Crippen molar-refractivity contribution >= 4 is 5.91 Å². The Balaban J connectivity index is 1.78. The highest BCUT2D eigenvalue weighted by Crippen LogP contribution is 2.22. The van der Waals surface area contributed by atoms with Crippen molar-refractivity contribution in [3.05, 3.63) is 30.1 Å². The number of ether oxygens (including phenoxy) is 1. The molecule has 2 heterocycles. The van der Waals surface area contributed by atoms with E-state index in [1.165, 1.54) is 17.1 Å². The molecule has 25 heavy (non-hydrogen) atoms. The normalized spacial score (nSPS) is 21.0. The first-order valence-corrected chi connectivity index (χ1v) is 8.13. The molecule has 0 spiro atoms. The topological polar surface area (TPSA) is 105 Å². The molecule has 0 saturated carbocycles. The standard InChI is InChI=1S/C16H22N6O3/c1-10(2)21-7-13(15(8-21)25-3)18-16(24)12-6-11(4-5-14(12)23)22-9-17-19-20-22/h4-6,9-10,13,15,23H,7-8H2,1-3H3,(H,18,24)/t13-,15-/m0/s1. The maximum atomic E-state index is 12.7. The Bertz CT molecular complexity index is 733. The molecule has 2 atom stereocenters. The van der Waals surface area contributed by atoms with E-state index in [9.17, 15) is 9.90 Å². The van der Waals surface area contributed by atoms with Crippen LogP contribution in [0.4, 0.5) is 0 Å². The quantitative estimate of drug-likeness (QED) is 0.797. The zero-order valence-corrected chi connectivity index (χ0v) is 14.5. The van der Waals surface area contributed by atoms with E-state index < -0.39 is 0 Å². The van der Waals surface area contributed by atoms with E-state index in [1.807, 2.05) is 0 Å². The lowest BCUT2D eigenvalue weighted by molar-refractivity contribution is 0.0751. The van der Waals surface area contributed by atoms with Gasteiger partial charge in [-0.2, -0.15) is 0 Å². The van der Waals surface area contributed by atoms with Gasteiger partial charge in [0.25, 0.3) is 5.91 Å². The molecule has 2 N–H and O–H groups in total. The fraction of sp³-hybridized carbons (Fsp3) is 0.500. The molecule has 2 aromatic rings. The molecule has 1 aromatic heterocycles. The highest BCUT2D eigenvalue weighted by molar-refractivity contribution is 5.97. The van der Waals surface area contributed by atoms with Crippen LogP contribution in [0.1, 0.15) is 24.2 Å². The van der Waals surface area contributed by atoms with Crippen molar-refractivity contribution in [2.45, 2.75) is 32.0 Å². The summed E-state index contributed by atoms with van der Waals surface area (Å²) >= 11 is 0. The fourth-order valence-corrected chi connectivity index (χ4v) is 2.98. The van der Waals surface area contributed by atoms with Crippen LogP contribution in [0.5, 0.6) is 5.75 Å². The van der Waals surface area contributed by atoms with Crippen molar-refractivity contribution < 1.29 is 14.6 Å². The number of phenols is 1. The second-order valence-electron chi connectivity index (χ2n) is 6.36. The number of carbonyl (C=O) groups excluding carboxylic acids is 1. The molecular formula is C16H22N6O3. The lowest BCUT2D eigenvalue weighted by Gasteiger charge is -2.20. The van der Waals surface area contributed by atoms with Gasteiger partial charge in [0.15, 0.2) is 0 Å². The summed E-state index contributed by atoms with van der Waals surface area (Å²) in [6.45, 7) is 5.68. The highest BCUT2D eigenvalue weighted by atomic mass is 16.5. The van der Waals surface area contributed by atoms with E-state index in [4.69, 9.17) is 4.74 Å². The summed E-state index contributed by atoms with van der Waals surface area (Å²) in [4.78, 5) is 14.9. The van der Waals surface area contributed by atoms with Crippen molar-refractivity contribution in [3.63, 3.8) is 0 Å². The van der Waals surface area contributed by atoms with Crippen LogP contribution in [0.3, 0.4) is 0 Å². The molecule has 1 amide bonds. The number of rotatable bonds is 5. The van der Waals surface area contributed by atoms with Crippen LogP contribution in [0.15, 0.2) is 24.5 Å². The first-order chi connectivity index (χ1) is 12.0. The van der Waals surface area contributed by atoms with Crippen LogP contribution in [-0.4, -0.2) is 74.5 Å². The smallest absolute Gasteiger partial charge is 0.255 e. The van der Waals surface area contributed by atoms with E-state index in [0.29, 0.717) is 18.3 Å². The van der Waals surface area contributed by atoms with Gasteiger partial charge in [-0.05, 0) is 42.5 Å². The van der Waals surface area contributed by atoms with Gasteiger partial charge in [0.2, 0.25) is 0 Å². The van der Waals surface area contributed by atoms with E-state index in [0.717, 1.165) is 6.54 Å². The largest absolute Gasteiger partial charge is 0.507 e. The van der Waals surface area contributed by atoms with Gasteiger partial charge in [-0.25, -0.2) is 4.68 Å². The number of methoxy groups -OCH3 is 1. The number of amides is 1. The molecule has 0 bridgehead atoms. The SMILES string of the molecule is CO[C@H]1CN(C(C)C)C[C@@H]1NC(=O)c1cc(-n2cnnn2)ccc1O. The number of likely N-dealkylation sites (tertiary alicyclic amines) is 1. The fourth-order valence-electron chi connectivity index (χ4n) is 2.98. The predicted molar refractivity (Wildman–Crippen MR) is 89.6 cm³/mol.